The van der Waals surface area contributed by atoms with Gasteiger partial charge in [0.2, 0.25) is 11.8 Å². The van der Waals surface area contributed by atoms with E-state index in [-0.39, 0.29) is 24.0 Å². The lowest BCUT2D eigenvalue weighted by molar-refractivity contribution is -0.134. The van der Waals surface area contributed by atoms with Crippen molar-refractivity contribution in [1.82, 2.24) is 15.1 Å². The van der Waals surface area contributed by atoms with Crippen LogP contribution in [0.2, 0.25) is 5.02 Å². The first-order valence-corrected chi connectivity index (χ1v) is 10.4. The quantitative estimate of drug-likeness (QED) is 0.751. The summed E-state index contributed by atoms with van der Waals surface area (Å²) >= 11 is 5.89. The molecule has 0 spiro atoms. The molecule has 154 valence electrons. The van der Waals surface area contributed by atoms with E-state index in [1.807, 2.05) is 24.3 Å². The third-order valence-electron chi connectivity index (χ3n) is 5.54. The molecular formula is C21H30ClN3O3. The van der Waals surface area contributed by atoms with Gasteiger partial charge in [-0.15, -0.1) is 0 Å². The standard InChI is InChI=1S/C21H30ClN3O3/c1-24(2)21(27)11-19-13-25-12-17(10-18(25)14-28-19)23-20(26)5-3-4-15-6-8-16(22)9-7-15/h6-9,17-19H,3-5,10-14H2,1-2H3,(H,23,26)/t17-,18-,19-/m0/s1. The van der Waals surface area contributed by atoms with E-state index >= 15 is 0 Å². The van der Waals surface area contributed by atoms with Crippen molar-refractivity contribution in [1.29, 1.82) is 0 Å². The van der Waals surface area contributed by atoms with Crippen LogP contribution < -0.4 is 5.32 Å². The maximum atomic E-state index is 12.3. The molecule has 2 amide bonds. The smallest absolute Gasteiger partial charge is 0.224 e. The molecule has 0 aromatic heterocycles. The molecule has 2 aliphatic rings. The number of amides is 2. The van der Waals surface area contributed by atoms with Crippen LogP contribution in [0.5, 0.6) is 0 Å². The Morgan fingerprint density at radius 3 is 2.71 bits per heavy atom. The summed E-state index contributed by atoms with van der Waals surface area (Å²) in [6.45, 7) is 2.23. The number of halogens is 1. The predicted molar refractivity (Wildman–Crippen MR) is 109 cm³/mol. The SMILES string of the molecule is CN(C)C(=O)C[C@H]1CN2C[C@@H](NC(=O)CCCc3ccc(Cl)cc3)C[C@H]2CO1. The number of nitrogens with one attached hydrogen (secondary N) is 1. The van der Waals surface area contributed by atoms with Gasteiger partial charge in [-0.1, -0.05) is 23.7 Å². The van der Waals surface area contributed by atoms with Crippen LogP contribution in [0.4, 0.5) is 0 Å². The highest BCUT2D eigenvalue weighted by atomic mass is 35.5. The molecule has 0 aliphatic carbocycles. The van der Waals surface area contributed by atoms with Gasteiger partial charge in [-0.05, 0) is 37.0 Å². The first-order valence-electron chi connectivity index (χ1n) is 10.0. The molecule has 2 aliphatic heterocycles. The molecule has 0 radical (unpaired) electrons. The van der Waals surface area contributed by atoms with Gasteiger partial charge < -0.3 is 15.0 Å². The fourth-order valence-corrected chi connectivity index (χ4v) is 4.08. The summed E-state index contributed by atoms with van der Waals surface area (Å²) in [7, 11) is 3.53. The predicted octanol–water partition coefficient (Wildman–Crippen LogP) is 2.10. The van der Waals surface area contributed by atoms with Crippen LogP contribution in [-0.4, -0.2) is 73.6 Å². The number of rotatable bonds is 7. The number of fused-ring (bicyclic) bond motifs is 1. The maximum Gasteiger partial charge on any atom is 0.224 e. The van der Waals surface area contributed by atoms with Gasteiger partial charge in [-0.25, -0.2) is 0 Å². The monoisotopic (exact) mass is 407 g/mol. The van der Waals surface area contributed by atoms with E-state index in [1.54, 1.807) is 19.0 Å². The zero-order valence-corrected chi connectivity index (χ0v) is 17.5. The minimum atomic E-state index is -0.0556. The van der Waals surface area contributed by atoms with Crippen molar-refractivity contribution in [3.8, 4) is 0 Å². The number of hydrogen-bond acceptors (Lipinski definition) is 4. The molecule has 2 fully saturated rings. The van der Waals surface area contributed by atoms with Crippen LogP contribution in [0.3, 0.4) is 0 Å². The zero-order chi connectivity index (χ0) is 20.1. The average molecular weight is 408 g/mol. The van der Waals surface area contributed by atoms with E-state index in [0.717, 1.165) is 37.4 Å². The summed E-state index contributed by atoms with van der Waals surface area (Å²) in [6.07, 6.45) is 3.50. The minimum Gasteiger partial charge on any atom is -0.375 e. The van der Waals surface area contributed by atoms with E-state index in [2.05, 4.69) is 10.2 Å². The van der Waals surface area contributed by atoms with Crippen molar-refractivity contribution < 1.29 is 14.3 Å². The van der Waals surface area contributed by atoms with Crippen LogP contribution in [0.25, 0.3) is 0 Å². The Hall–Kier alpha value is -1.63. The highest BCUT2D eigenvalue weighted by Gasteiger charge is 2.38. The molecule has 3 atom stereocenters. The molecule has 1 N–H and O–H groups in total. The number of ether oxygens (including phenoxy) is 1. The van der Waals surface area contributed by atoms with Crippen molar-refractivity contribution in [3.63, 3.8) is 0 Å². The van der Waals surface area contributed by atoms with Crippen molar-refractivity contribution in [2.75, 3.05) is 33.8 Å². The lowest BCUT2D eigenvalue weighted by Crippen LogP contribution is -2.47. The molecule has 2 heterocycles. The van der Waals surface area contributed by atoms with Crippen LogP contribution in [0.15, 0.2) is 24.3 Å². The van der Waals surface area contributed by atoms with E-state index in [4.69, 9.17) is 16.3 Å². The second-order valence-corrected chi connectivity index (χ2v) is 8.47. The average Bonchev–Trinajstić information content (AvgIpc) is 3.04. The Kier molecular flexibility index (Phi) is 7.32. The molecule has 28 heavy (non-hydrogen) atoms. The number of carbonyl (C=O) groups excluding carboxylic acids is 2. The molecule has 3 rings (SSSR count). The topological polar surface area (TPSA) is 61.9 Å². The van der Waals surface area contributed by atoms with Crippen molar-refractivity contribution in [2.24, 2.45) is 0 Å². The minimum absolute atomic E-state index is 0.0556. The number of benzene rings is 1. The number of hydrogen-bond donors (Lipinski definition) is 1. The lowest BCUT2D eigenvalue weighted by atomic mass is 10.1. The van der Waals surface area contributed by atoms with E-state index in [1.165, 1.54) is 5.56 Å². The third kappa shape index (κ3) is 5.93. The first kappa shape index (κ1) is 21.1. The number of nitrogens with zero attached hydrogens (tertiary/aromatic N) is 2. The van der Waals surface area contributed by atoms with Gasteiger partial charge in [0, 0.05) is 50.7 Å². The fourth-order valence-electron chi connectivity index (χ4n) is 3.95. The van der Waals surface area contributed by atoms with Gasteiger partial charge in [-0.3, -0.25) is 14.5 Å². The largest absolute Gasteiger partial charge is 0.375 e. The maximum absolute atomic E-state index is 12.3. The Morgan fingerprint density at radius 1 is 1.25 bits per heavy atom. The van der Waals surface area contributed by atoms with Gasteiger partial charge in [0.15, 0.2) is 0 Å². The summed E-state index contributed by atoms with van der Waals surface area (Å²) in [5, 5.41) is 3.90. The van der Waals surface area contributed by atoms with Crippen LogP contribution >= 0.6 is 11.6 Å². The van der Waals surface area contributed by atoms with E-state index in [0.29, 0.717) is 25.5 Å². The number of aryl methyl sites for hydroxylation is 1. The van der Waals surface area contributed by atoms with Gasteiger partial charge in [0.1, 0.15) is 0 Å². The molecule has 1 aromatic carbocycles. The van der Waals surface area contributed by atoms with E-state index < -0.39 is 0 Å². The summed E-state index contributed by atoms with van der Waals surface area (Å²) < 4.78 is 5.88. The highest BCUT2D eigenvalue weighted by molar-refractivity contribution is 6.30. The molecular weight excluding hydrogens is 378 g/mol. The molecule has 0 unspecified atom stereocenters. The van der Waals surface area contributed by atoms with E-state index in [9.17, 15) is 9.59 Å². The van der Waals surface area contributed by atoms with Crippen molar-refractivity contribution >= 4 is 23.4 Å². The highest BCUT2D eigenvalue weighted by Crippen LogP contribution is 2.24. The lowest BCUT2D eigenvalue weighted by Gasteiger charge is -2.35. The summed E-state index contributed by atoms with van der Waals surface area (Å²) in [4.78, 5) is 28.2. The Labute approximate surface area is 172 Å². The number of carbonyl (C=O) groups is 2. The molecule has 6 nitrogen and oxygen atoms in total. The summed E-state index contributed by atoms with van der Waals surface area (Å²) in [6, 6.07) is 8.28. The van der Waals surface area contributed by atoms with Gasteiger partial charge >= 0.3 is 0 Å². The Balaban J connectivity index is 1.37. The van der Waals surface area contributed by atoms with Gasteiger partial charge in [0.05, 0.1) is 19.1 Å². The molecule has 1 aromatic rings. The van der Waals surface area contributed by atoms with Crippen molar-refractivity contribution in [2.45, 2.75) is 50.3 Å². The Morgan fingerprint density at radius 2 is 2.00 bits per heavy atom. The van der Waals surface area contributed by atoms with Gasteiger partial charge in [0.25, 0.3) is 0 Å². The van der Waals surface area contributed by atoms with Gasteiger partial charge in [-0.2, -0.15) is 0 Å². The van der Waals surface area contributed by atoms with Crippen LogP contribution in [0.1, 0.15) is 31.2 Å². The second kappa shape index (κ2) is 9.72. The first-order chi connectivity index (χ1) is 13.4. The molecule has 0 saturated carbocycles. The van der Waals surface area contributed by atoms with Crippen molar-refractivity contribution in [3.05, 3.63) is 34.9 Å². The summed E-state index contributed by atoms with van der Waals surface area (Å²) in [5.41, 5.74) is 1.20. The second-order valence-electron chi connectivity index (χ2n) is 8.04. The molecule has 7 heteroatoms. The van der Waals surface area contributed by atoms with Crippen LogP contribution in [-0.2, 0) is 20.7 Å². The number of morpholine rings is 1. The molecule has 2 saturated heterocycles. The van der Waals surface area contributed by atoms with Crippen LogP contribution in [0, 0.1) is 0 Å². The fraction of sp³-hybridized carbons (Fsp3) is 0.619. The summed E-state index contributed by atoms with van der Waals surface area (Å²) in [5.74, 6) is 0.201. The normalized spacial score (nSPS) is 24.6. The Bertz CT molecular complexity index is 680. The zero-order valence-electron chi connectivity index (χ0n) is 16.7. The molecule has 0 bridgehead atoms. The third-order valence-corrected chi connectivity index (χ3v) is 5.79.